The number of hydrogen-bond acceptors (Lipinski definition) is 10. The zero-order chi connectivity index (χ0) is 42.8. The van der Waals surface area contributed by atoms with Crippen LogP contribution in [0.4, 0.5) is 22.0 Å². The van der Waals surface area contributed by atoms with E-state index in [4.69, 9.17) is 14.8 Å². The Morgan fingerprint density at radius 2 is 1.60 bits per heavy atom. The van der Waals surface area contributed by atoms with E-state index in [0.29, 0.717) is 53.8 Å². The maximum absolute atomic E-state index is 14.5. The predicted octanol–water partition coefficient (Wildman–Crippen LogP) is 9.46. The van der Waals surface area contributed by atoms with Crippen LogP contribution in [-0.4, -0.2) is 78.2 Å². The molecule has 14 heteroatoms. The SMILES string of the molecule is Cc1c(-c2ccn3c(Nc4ccc(N5CCN(C(=O)OCc6ccccc6)CC5)cc4C(=O)c4nc5ccccc5s4)cnc3c2C(=O)O)cnn1CC12CC3CC(CC(C3)C1)C2. The first-order chi connectivity index (χ1) is 30.7. The Labute approximate surface area is 368 Å². The number of anilines is 3. The van der Waals surface area contributed by atoms with Gasteiger partial charge in [0.1, 0.15) is 18.0 Å². The summed E-state index contributed by atoms with van der Waals surface area (Å²) in [5.74, 6) is 1.68. The second kappa shape index (κ2) is 15.7. The van der Waals surface area contributed by atoms with Crippen LogP contribution in [0.5, 0.6) is 0 Å². The summed E-state index contributed by atoms with van der Waals surface area (Å²) in [6.07, 6.45) is 12.8. The highest BCUT2D eigenvalue weighted by Gasteiger charge is 2.51. The number of amides is 1. The summed E-state index contributed by atoms with van der Waals surface area (Å²) in [7, 11) is 0. The lowest BCUT2D eigenvalue weighted by atomic mass is 9.49. The van der Waals surface area contributed by atoms with Gasteiger partial charge in [0, 0.05) is 61.4 Å². The number of thiazole rings is 1. The Bertz CT molecular complexity index is 2840. The van der Waals surface area contributed by atoms with Crippen molar-refractivity contribution in [3.05, 3.63) is 125 Å². The van der Waals surface area contributed by atoms with E-state index in [2.05, 4.69) is 19.9 Å². The molecule has 320 valence electrons. The Balaban J connectivity index is 0.872. The second-order valence-corrected chi connectivity index (χ2v) is 19.2. The third kappa shape index (κ3) is 7.29. The Kier molecular flexibility index (Phi) is 9.78. The van der Waals surface area contributed by atoms with Gasteiger partial charge in [-0.05, 0) is 111 Å². The number of carboxylic acid groups (broad SMARTS) is 1. The lowest BCUT2D eigenvalue weighted by Gasteiger charge is -2.56. The van der Waals surface area contributed by atoms with Gasteiger partial charge in [-0.1, -0.05) is 42.5 Å². The number of para-hydroxylation sites is 1. The van der Waals surface area contributed by atoms with Crippen molar-refractivity contribution >= 4 is 62.2 Å². The van der Waals surface area contributed by atoms with Gasteiger partial charge in [-0.2, -0.15) is 5.10 Å². The van der Waals surface area contributed by atoms with Crippen LogP contribution >= 0.6 is 11.3 Å². The summed E-state index contributed by atoms with van der Waals surface area (Å²) in [5, 5.41) is 19.4. The molecule has 0 atom stereocenters. The molecule has 4 saturated carbocycles. The standard InChI is InChI=1S/C49H48N8O5S/c1-30-38(26-51-57(30)29-49-23-32-19-33(24-49)21-34(20-32)25-49)36-13-14-56-42(27-50-45(56)43(36)47(59)60)52-39-12-11-35(22-37(39)44(58)46-53-40-9-5-6-10-41(40)63-46)54-15-17-55(18-16-54)48(61)62-28-31-7-3-2-4-8-31/h2-14,22,26-27,32-34,52H,15-21,23-25,28-29H2,1H3,(H,59,60). The lowest BCUT2D eigenvalue weighted by Crippen LogP contribution is -2.49. The predicted molar refractivity (Wildman–Crippen MR) is 242 cm³/mol. The van der Waals surface area contributed by atoms with Crippen LogP contribution in [0, 0.1) is 30.1 Å². The van der Waals surface area contributed by atoms with Crippen molar-refractivity contribution in [3.8, 4) is 11.1 Å². The number of carbonyl (C=O) groups excluding carboxylic acids is 2. The van der Waals surface area contributed by atoms with Gasteiger partial charge in [0.2, 0.25) is 5.78 Å². The monoisotopic (exact) mass is 860 g/mol. The number of aromatic nitrogens is 5. The zero-order valence-electron chi connectivity index (χ0n) is 35.1. The van der Waals surface area contributed by atoms with Gasteiger partial charge in [-0.25, -0.2) is 19.6 Å². The number of aromatic carboxylic acids is 1. The number of carboxylic acids is 1. The molecule has 63 heavy (non-hydrogen) atoms. The molecule has 0 unspecified atom stereocenters. The summed E-state index contributed by atoms with van der Waals surface area (Å²) in [4.78, 5) is 53.8. The molecule has 5 heterocycles. The molecule has 3 aromatic carbocycles. The Morgan fingerprint density at radius 3 is 2.33 bits per heavy atom. The molecule has 0 radical (unpaired) electrons. The molecule has 5 fully saturated rings. The molecule has 1 amide bonds. The number of rotatable bonds is 11. The number of nitrogens with one attached hydrogen (secondary N) is 1. The molecule has 4 bridgehead atoms. The van der Waals surface area contributed by atoms with Crippen molar-refractivity contribution in [2.75, 3.05) is 36.4 Å². The fourth-order valence-corrected chi connectivity index (χ4v) is 12.4. The maximum atomic E-state index is 14.5. The smallest absolute Gasteiger partial charge is 0.410 e. The van der Waals surface area contributed by atoms with Gasteiger partial charge in [-0.3, -0.25) is 13.9 Å². The van der Waals surface area contributed by atoms with Gasteiger partial charge in [-0.15, -0.1) is 11.3 Å². The number of carbonyl (C=O) groups is 3. The van der Waals surface area contributed by atoms with E-state index in [1.165, 1.54) is 49.9 Å². The van der Waals surface area contributed by atoms with Crippen molar-refractivity contribution in [2.45, 2.75) is 58.6 Å². The van der Waals surface area contributed by atoms with Gasteiger partial charge < -0.3 is 25.0 Å². The van der Waals surface area contributed by atoms with Gasteiger partial charge >= 0.3 is 12.1 Å². The molecule has 1 aliphatic heterocycles. The van der Waals surface area contributed by atoms with Crippen LogP contribution in [0.25, 0.3) is 27.0 Å². The summed E-state index contributed by atoms with van der Waals surface area (Å²) in [5.41, 5.74) is 6.42. The number of nitrogens with zero attached hydrogens (tertiary/aromatic N) is 7. The van der Waals surface area contributed by atoms with Crippen LogP contribution in [-0.2, 0) is 17.9 Å². The third-order valence-electron chi connectivity index (χ3n) is 14.0. The van der Waals surface area contributed by atoms with E-state index in [1.54, 1.807) is 15.5 Å². The van der Waals surface area contributed by atoms with Crippen molar-refractivity contribution < 1.29 is 24.2 Å². The fraction of sp³-hybridized carbons (Fsp3) is 0.347. The molecule has 0 spiro atoms. The normalized spacial score (nSPS) is 21.6. The van der Waals surface area contributed by atoms with Gasteiger partial charge in [0.15, 0.2) is 10.7 Å². The van der Waals surface area contributed by atoms with E-state index >= 15 is 0 Å². The average Bonchev–Trinajstić information content (AvgIpc) is 4.01. The Morgan fingerprint density at radius 1 is 0.873 bits per heavy atom. The first kappa shape index (κ1) is 39.3. The molecule has 12 rings (SSSR count). The molecule has 4 aromatic heterocycles. The lowest BCUT2D eigenvalue weighted by molar-refractivity contribution is -0.0638. The van der Waals surface area contributed by atoms with Crippen molar-refractivity contribution in [1.29, 1.82) is 0 Å². The molecule has 7 aromatic rings. The van der Waals surface area contributed by atoms with Crippen LogP contribution < -0.4 is 10.2 Å². The number of piperazine rings is 1. The van der Waals surface area contributed by atoms with Gasteiger partial charge in [0.05, 0.1) is 33.9 Å². The van der Waals surface area contributed by atoms with E-state index in [-0.39, 0.29) is 35.1 Å². The number of pyridine rings is 1. The summed E-state index contributed by atoms with van der Waals surface area (Å²) >= 11 is 1.34. The molecular formula is C49H48N8O5S. The third-order valence-corrected chi connectivity index (χ3v) is 15.1. The molecular weight excluding hydrogens is 813 g/mol. The number of hydrogen-bond donors (Lipinski definition) is 2. The summed E-state index contributed by atoms with van der Waals surface area (Å²) in [6, 6.07) is 24.8. The Hall–Kier alpha value is -6.54. The number of ketones is 1. The zero-order valence-corrected chi connectivity index (χ0v) is 35.9. The number of ether oxygens (including phenoxy) is 1. The molecule has 5 aliphatic rings. The van der Waals surface area contributed by atoms with Crippen LogP contribution in [0.3, 0.4) is 0 Å². The maximum Gasteiger partial charge on any atom is 0.410 e. The molecule has 13 nitrogen and oxygen atoms in total. The number of imidazole rings is 1. The highest BCUT2D eigenvalue weighted by Crippen LogP contribution is 2.60. The summed E-state index contributed by atoms with van der Waals surface area (Å²) in [6.45, 7) is 5.17. The molecule has 1 saturated heterocycles. The first-order valence-electron chi connectivity index (χ1n) is 21.9. The van der Waals surface area contributed by atoms with E-state index < -0.39 is 5.97 Å². The molecule has 2 N–H and O–H groups in total. The van der Waals surface area contributed by atoms with Crippen molar-refractivity contribution in [1.82, 2.24) is 29.0 Å². The number of fused-ring (bicyclic) bond motifs is 2. The van der Waals surface area contributed by atoms with E-state index in [9.17, 15) is 19.5 Å². The quantitative estimate of drug-likeness (QED) is 0.121. The highest BCUT2D eigenvalue weighted by molar-refractivity contribution is 7.20. The topological polar surface area (TPSA) is 147 Å². The molecule has 4 aliphatic carbocycles. The van der Waals surface area contributed by atoms with Gasteiger partial charge in [0.25, 0.3) is 0 Å². The van der Waals surface area contributed by atoms with Crippen molar-refractivity contribution in [3.63, 3.8) is 0 Å². The minimum atomic E-state index is -1.08. The fourth-order valence-electron chi connectivity index (χ4n) is 11.5. The summed E-state index contributed by atoms with van der Waals surface area (Å²) < 4.78 is 10.3. The number of benzene rings is 3. The van der Waals surface area contributed by atoms with Crippen molar-refractivity contribution in [2.24, 2.45) is 23.2 Å². The largest absolute Gasteiger partial charge is 0.478 e. The minimum absolute atomic E-state index is 0.0900. The second-order valence-electron chi connectivity index (χ2n) is 18.2. The van der Waals surface area contributed by atoms with Crippen LogP contribution in [0.2, 0.25) is 0 Å². The van der Waals surface area contributed by atoms with Crippen LogP contribution in [0.1, 0.15) is 75.5 Å². The highest BCUT2D eigenvalue weighted by atomic mass is 32.1. The first-order valence-corrected chi connectivity index (χ1v) is 22.8. The van der Waals surface area contributed by atoms with Crippen LogP contribution in [0.15, 0.2) is 97.5 Å². The average molecular weight is 861 g/mol. The van der Waals surface area contributed by atoms with E-state index in [0.717, 1.165) is 57.0 Å². The van der Waals surface area contributed by atoms with E-state index in [1.807, 2.05) is 98.2 Å². The minimum Gasteiger partial charge on any atom is -0.478 e.